The number of hydrogen-bond donors (Lipinski definition) is 0. The van der Waals surface area contributed by atoms with Crippen molar-refractivity contribution in [2.45, 2.75) is 32.8 Å². The number of carbonyl (C=O) groups excluding carboxylic acids is 2. The Balaban J connectivity index is 1.52. The number of rotatable bonds is 5. The van der Waals surface area contributed by atoms with Gasteiger partial charge in [-0.3, -0.25) is 4.79 Å². The molecule has 28 heavy (non-hydrogen) atoms. The second-order valence-corrected chi connectivity index (χ2v) is 7.19. The Bertz CT molecular complexity index is 800. The van der Waals surface area contributed by atoms with Gasteiger partial charge in [0.2, 0.25) is 5.95 Å². The number of ether oxygens (including phenoxy) is 1. The van der Waals surface area contributed by atoms with Crippen molar-refractivity contribution in [2.75, 3.05) is 31.1 Å². The van der Waals surface area contributed by atoms with Crippen LogP contribution >= 0.6 is 0 Å². The van der Waals surface area contributed by atoms with E-state index in [1.54, 1.807) is 42.4 Å². The molecule has 1 saturated heterocycles. The van der Waals surface area contributed by atoms with Crippen LogP contribution in [-0.2, 0) is 9.53 Å². The number of aromatic nitrogens is 2. The maximum Gasteiger partial charge on any atom is 0.338 e. The lowest BCUT2D eigenvalue weighted by Gasteiger charge is -2.35. The van der Waals surface area contributed by atoms with Gasteiger partial charge in [0, 0.05) is 38.6 Å². The SMILES string of the molecule is CC(OC(=O)c1ccc(C(C)C)cc1)C(=O)N1CCN(c2ncccn2)CC1. The Kier molecular flexibility index (Phi) is 6.23. The van der Waals surface area contributed by atoms with Crippen LogP contribution in [0.4, 0.5) is 5.95 Å². The van der Waals surface area contributed by atoms with Crippen LogP contribution in [0, 0.1) is 0 Å². The average molecular weight is 382 g/mol. The van der Waals surface area contributed by atoms with E-state index in [1.165, 1.54) is 0 Å². The van der Waals surface area contributed by atoms with Gasteiger partial charge in [-0.1, -0.05) is 26.0 Å². The van der Waals surface area contributed by atoms with Crippen LogP contribution in [0.1, 0.15) is 42.6 Å². The molecule has 1 atom stereocenters. The molecule has 1 aromatic carbocycles. The molecule has 2 aromatic rings. The largest absolute Gasteiger partial charge is 0.449 e. The number of piperazine rings is 1. The Morgan fingerprint density at radius 1 is 0.964 bits per heavy atom. The van der Waals surface area contributed by atoms with E-state index in [1.807, 2.05) is 17.0 Å². The molecular formula is C21H26N4O3. The number of hydrogen-bond acceptors (Lipinski definition) is 6. The van der Waals surface area contributed by atoms with Crippen molar-refractivity contribution in [2.24, 2.45) is 0 Å². The Hall–Kier alpha value is -2.96. The first kappa shape index (κ1) is 19.8. The molecule has 3 rings (SSSR count). The van der Waals surface area contributed by atoms with Crippen molar-refractivity contribution in [3.05, 3.63) is 53.9 Å². The molecule has 2 heterocycles. The Morgan fingerprint density at radius 2 is 1.57 bits per heavy atom. The fourth-order valence-corrected chi connectivity index (χ4v) is 3.12. The van der Waals surface area contributed by atoms with Crippen LogP contribution in [0.2, 0.25) is 0 Å². The Morgan fingerprint density at radius 3 is 2.14 bits per heavy atom. The Labute approximate surface area is 165 Å². The maximum absolute atomic E-state index is 12.7. The van der Waals surface area contributed by atoms with Crippen molar-refractivity contribution in [3.8, 4) is 0 Å². The van der Waals surface area contributed by atoms with Gasteiger partial charge in [-0.2, -0.15) is 0 Å². The molecule has 7 nitrogen and oxygen atoms in total. The minimum atomic E-state index is -0.822. The van der Waals surface area contributed by atoms with Crippen LogP contribution in [0.5, 0.6) is 0 Å². The van der Waals surface area contributed by atoms with Crippen LogP contribution in [-0.4, -0.2) is 59.0 Å². The number of esters is 1. The van der Waals surface area contributed by atoms with E-state index in [0.717, 1.165) is 5.56 Å². The number of carbonyl (C=O) groups is 2. The summed E-state index contributed by atoms with van der Waals surface area (Å²) in [6.45, 7) is 8.19. The van der Waals surface area contributed by atoms with E-state index in [-0.39, 0.29) is 5.91 Å². The van der Waals surface area contributed by atoms with Gasteiger partial charge in [-0.25, -0.2) is 14.8 Å². The van der Waals surface area contributed by atoms with Crippen molar-refractivity contribution < 1.29 is 14.3 Å². The normalized spacial score (nSPS) is 15.4. The van der Waals surface area contributed by atoms with Crippen molar-refractivity contribution in [1.82, 2.24) is 14.9 Å². The van der Waals surface area contributed by atoms with E-state index >= 15 is 0 Å². The summed E-state index contributed by atoms with van der Waals surface area (Å²) in [5, 5.41) is 0. The zero-order chi connectivity index (χ0) is 20.1. The number of amides is 1. The molecule has 1 aliphatic heterocycles. The lowest BCUT2D eigenvalue weighted by molar-refractivity contribution is -0.140. The van der Waals surface area contributed by atoms with Gasteiger partial charge in [-0.05, 0) is 36.6 Å². The quantitative estimate of drug-likeness (QED) is 0.740. The smallest absolute Gasteiger partial charge is 0.338 e. The summed E-state index contributed by atoms with van der Waals surface area (Å²) in [6, 6.07) is 9.09. The molecule has 0 bridgehead atoms. The van der Waals surface area contributed by atoms with Crippen molar-refractivity contribution >= 4 is 17.8 Å². The van der Waals surface area contributed by atoms with E-state index < -0.39 is 12.1 Å². The monoisotopic (exact) mass is 382 g/mol. The number of anilines is 1. The van der Waals surface area contributed by atoms with Crippen LogP contribution < -0.4 is 4.90 Å². The molecule has 1 fully saturated rings. The molecule has 1 amide bonds. The molecule has 0 saturated carbocycles. The standard InChI is InChI=1S/C21H26N4O3/c1-15(2)17-5-7-18(8-6-17)20(27)28-16(3)19(26)24-11-13-25(14-12-24)21-22-9-4-10-23-21/h4-10,15-16H,11-14H2,1-3H3. The third-order valence-electron chi connectivity index (χ3n) is 4.87. The molecule has 1 aliphatic rings. The predicted octanol–water partition coefficient (Wildman–Crippen LogP) is 2.49. The minimum Gasteiger partial charge on any atom is -0.449 e. The fraction of sp³-hybridized carbons (Fsp3) is 0.429. The number of nitrogens with zero attached hydrogens (tertiary/aromatic N) is 4. The second kappa shape index (κ2) is 8.82. The van der Waals surface area contributed by atoms with Crippen molar-refractivity contribution in [3.63, 3.8) is 0 Å². The fourth-order valence-electron chi connectivity index (χ4n) is 3.12. The zero-order valence-corrected chi connectivity index (χ0v) is 16.5. The lowest BCUT2D eigenvalue weighted by Crippen LogP contribution is -2.52. The van der Waals surface area contributed by atoms with E-state index in [4.69, 9.17) is 4.74 Å². The molecular weight excluding hydrogens is 356 g/mol. The summed E-state index contributed by atoms with van der Waals surface area (Å²) < 4.78 is 5.39. The summed E-state index contributed by atoms with van der Waals surface area (Å²) in [4.78, 5) is 37.2. The van der Waals surface area contributed by atoms with Crippen LogP contribution in [0.3, 0.4) is 0 Å². The molecule has 1 unspecified atom stereocenters. The van der Waals surface area contributed by atoms with Gasteiger partial charge in [-0.15, -0.1) is 0 Å². The predicted molar refractivity (Wildman–Crippen MR) is 106 cm³/mol. The highest BCUT2D eigenvalue weighted by atomic mass is 16.5. The third kappa shape index (κ3) is 4.65. The zero-order valence-electron chi connectivity index (χ0n) is 16.5. The van der Waals surface area contributed by atoms with Gasteiger partial charge in [0.1, 0.15) is 0 Å². The average Bonchev–Trinajstić information content (AvgIpc) is 2.74. The van der Waals surface area contributed by atoms with Crippen molar-refractivity contribution in [1.29, 1.82) is 0 Å². The second-order valence-electron chi connectivity index (χ2n) is 7.19. The molecule has 0 N–H and O–H groups in total. The van der Waals surface area contributed by atoms with Gasteiger partial charge in [0.15, 0.2) is 6.10 Å². The summed E-state index contributed by atoms with van der Waals surface area (Å²) in [5.74, 6) is 0.401. The minimum absolute atomic E-state index is 0.180. The van der Waals surface area contributed by atoms with Gasteiger partial charge in [0.25, 0.3) is 5.91 Å². The summed E-state index contributed by atoms with van der Waals surface area (Å²) >= 11 is 0. The first-order chi connectivity index (χ1) is 13.5. The van der Waals surface area contributed by atoms with E-state index in [2.05, 4.69) is 23.8 Å². The van der Waals surface area contributed by atoms with Gasteiger partial charge < -0.3 is 14.5 Å². The third-order valence-corrected chi connectivity index (χ3v) is 4.87. The highest BCUT2D eigenvalue weighted by molar-refractivity contribution is 5.92. The van der Waals surface area contributed by atoms with Crippen LogP contribution in [0.25, 0.3) is 0 Å². The molecule has 148 valence electrons. The summed E-state index contributed by atoms with van der Waals surface area (Å²) in [5.41, 5.74) is 1.61. The molecule has 1 aromatic heterocycles. The molecule has 0 radical (unpaired) electrons. The topological polar surface area (TPSA) is 75.6 Å². The maximum atomic E-state index is 12.7. The first-order valence-corrected chi connectivity index (χ1v) is 9.57. The van der Waals surface area contributed by atoms with Gasteiger partial charge in [0.05, 0.1) is 5.56 Å². The van der Waals surface area contributed by atoms with E-state index in [9.17, 15) is 9.59 Å². The summed E-state index contributed by atoms with van der Waals surface area (Å²) in [6.07, 6.45) is 2.58. The molecule has 0 spiro atoms. The molecule has 7 heteroatoms. The van der Waals surface area contributed by atoms with Gasteiger partial charge >= 0.3 is 5.97 Å². The number of benzene rings is 1. The highest BCUT2D eigenvalue weighted by Crippen LogP contribution is 2.16. The summed E-state index contributed by atoms with van der Waals surface area (Å²) in [7, 11) is 0. The van der Waals surface area contributed by atoms with E-state index in [0.29, 0.717) is 43.6 Å². The lowest BCUT2D eigenvalue weighted by atomic mass is 10.0. The first-order valence-electron chi connectivity index (χ1n) is 9.57. The molecule has 0 aliphatic carbocycles. The van der Waals surface area contributed by atoms with Crippen LogP contribution in [0.15, 0.2) is 42.7 Å². The highest BCUT2D eigenvalue weighted by Gasteiger charge is 2.28.